The van der Waals surface area contributed by atoms with Crippen molar-refractivity contribution >= 4 is 54.5 Å². The first-order valence-corrected chi connectivity index (χ1v) is 19.7. The normalized spacial score (nSPS) is 13.2. The Morgan fingerprint density at radius 3 is 1.75 bits per heavy atom. The van der Waals surface area contributed by atoms with Crippen LogP contribution in [0.4, 0.5) is 0 Å². The van der Waals surface area contributed by atoms with Crippen LogP contribution in [0.5, 0.6) is 0 Å². The Kier molecular flexibility index (Phi) is 6.65. The van der Waals surface area contributed by atoms with Crippen molar-refractivity contribution in [2.45, 2.75) is 19.3 Å². The van der Waals surface area contributed by atoms with Crippen LogP contribution in [0, 0.1) is 0 Å². The first-order chi connectivity index (χ1) is 28.1. The number of para-hydroxylation sites is 4. The van der Waals surface area contributed by atoms with Gasteiger partial charge in [0.2, 0.25) is 5.95 Å². The average Bonchev–Trinajstić information content (AvgIpc) is 3.87. The van der Waals surface area contributed by atoms with E-state index in [4.69, 9.17) is 9.97 Å². The number of aromatic nitrogens is 4. The minimum absolute atomic E-state index is 0.277. The van der Waals surface area contributed by atoms with E-state index in [2.05, 4.69) is 205 Å². The van der Waals surface area contributed by atoms with Gasteiger partial charge in [-0.05, 0) is 58.1 Å². The maximum atomic E-state index is 5.58. The predicted octanol–water partition coefficient (Wildman–Crippen LogP) is 13.5. The zero-order valence-corrected chi connectivity index (χ0v) is 31.6. The van der Waals surface area contributed by atoms with Crippen LogP contribution in [0.1, 0.15) is 25.0 Å². The lowest BCUT2D eigenvalue weighted by Gasteiger charge is -2.23. The van der Waals surface area contributed by atoms with Gasteiger partial charge in [0.1, 0.15) is 0 Å². The highest BCUT2D eigenvalue weighted by Crippen LogP contribution is 2.58. The summed E-state index contributed by atoms with van der Waals surface area (Å²) in [4.78, 5) is 11.0. The summed E-state index contributed by atoms with van der Waals surface area (Å²) < 4.78 is 4.85. The molecule has 0 unspecified atom stereocenters. The maximum Gasteiger partial charge on any atom is 0.235 e. The molecule has 8 aromatic carbocycles. The number of benzene rings is 8. The largest absolute Gasteiger partial charge is 0.309 e. The summed E-state index contributed by atoms with van der Waals surface area (Å²) in [6.07, 6.45) is 0. The fraction of sp³-hybridized carbons (Fsp3) is 0.0566. The van der Waals surface area contributed by atoms with Crippen LogP contribution in [-0.4, -0.2) is 19.1 Å². The van der Waals surface area contributed by atoms with Gasteiger partial charge in [-0.15, -0.1) is 0 Å². The molecule has 0 bridgehead atoms. The fourth-order valence-electron chi connectivity index (χ4n) is 9.85. The summed E-state index contributed by atoms with van der Waals surface area (Å²) in [5, 5.41) is 5.97. The Balaban J connectivity index is 1.27. The Hall–Kier alpha value is -7.30. The van der Waals surface area contributed by atoms with Gasteiger partial charge in [0.05, 0.1) is 33.3 Å². The Labute approximate surface area is 329 Å². The molecule has 3 heterocycles. The molecule has 0 amide bonds. The molecule has 268 valence electrons. The van der Waals surface area contributed by atoms with E-state index in [9.17, 15) is 0 Å². The maximum absolute atomic E-state index is 5.58. The van der Waals surface area contributed by atoms with Crippen molar-refractivity contribution in [3.05, 3.63) is 193 Å². The van der Waals surface area contributed by atoms with Gasteiger partial charge in [0.25, 0.3) is 0 Å². The van der Waals surface area contributed by atoms with Crippen LogP contribution in [0.2, 0.25) is 0 Å². The van der Waals surface area contributed by atoms with Crippen molar-refractivity contribution in [3.63, 3.8) is 0 Å². The van der Waals surface area contributed by atoms with E-state index in [1.165, 1.54) is 66.0 Å². The Morgan fingerprint density at radius 1 is 0.439 bits per heavy atom. The highest BCUT2D eigenvalue weighted by atomic mass is 15.2. The molecule has 4 nitrogen and oxygen atoms in total. The van der Waals surface area contributed by atoms with Crippen molar-refractivity contribution in [2.24, 2.45) is 0 Å². The highest BCUT2D eigenvalue weighted by molar-refractivity contribution is 6.31. The van der Waals surface area contributed by atoms with Crippen molar-refractivity contribution < 1.29 is 0 Å². The van der Waals surface area contributed by atoms with E-state index in [1.807, 2.05) is 0 Å². The summed E-state index contributed by atoms with van der Waals surface area (Å²) in [5.41, 5.74) is 15.9. The fourth-order valence-corrected chi connectivity index (χ4v) is 9.85. The standard InChI is InChI=1S/C53H36N4/c1-53(2)41-25-13-9-21-37(41)45-48(53)46-39-23-11-15-27-43(39)56(36-19-7-4-8-20-36)50(46)47-40-24-12-16-28-44(40)57(51(45)47)52-54-42-26-14-10-22-38(42)49(55-52)35-31-29-34(30-32-35)33-17-5-3-6-18-33/h3-32H,1-2H3. The number of hydrogen-bond donors (Lipinski definition) is 0. The second kappa shape index (κ2) is 11.8. The summed E-state index contributed by atoms with van der Waals surface area (Å²) >= 11 is 0. The molecule has 57 heavy (non-hydrogen) atoms. The Morgan fingerprint density at radius 2 is 1.00 bits per heavy atom. The average molecular weight is 729 g/mol. The molecular formula is C53H36N4. The number of fused-ring (bicyclic) bond motifs is 13. The molecule has 0 fully saturated rings. The van der Waals surface area contributed by atoms with E-state index in [1.54, 1.807) is 0 Å². The number of hydrogen-bond acceptors (Lipinski definition) is 2. The molecule has 3 aromatic heterocycles. The van der Waals surface area contributed by atoms with Crippen molar-refractivity contribution in [1.29, 1.82) is 0 Å². The van der Waals surface area contributed by atoms with E-state index in [-0.39, 0.29) is 5.41 Å². The van der Waals surface area contributed by atoms with Gasteiger partial charge in [-0.2, -0.15) is 0 Å². The van der Waals surface area contributed by atoms with Gasteiger partial charge in [0, 0.05) is 49.2 Å². The van der Waals surface area contributed by atoms with Crippen molar-refractivity contribution in [1.82, 2.24) is 19.1 Å². The van der Waals surface area contributed by atoms with Crippen LogP contribution in [0.25, 0.3) is 99.7 Å². The third kappa shape index (κ3) is 4.44. The second-order valence-corrected chi connectivity index (χ2v) is 15.7. The van der Waals surface area contributed by atoms with Gasteiger partial charge in [0.15, 0.2) is 0 Å². The molecule has 0 atom stereocenters. The summed E-state index contributed by atoms with van der Waals surface area (Å²) in [6.45, 7) is 4.79. The molecule has 4 heteroatoms. The van der Waals surface area contributed by atoms with Crippen LogP contribution in [0.15, 0.2) is 182 Å². The van der Waals surface area contributed by atoms with Gasteiger partial charge >= 0.3 is 0 Å². The number of rotatable bonds is 4. The highest BCUT2D eigenvalue weighted by Gasteiger charge is 2.41. The topological polar surface area (TPSA) is 35.6 Å². The molecule has 0 N–H and O–H groups in total. The SMILES string of the molecule is CC1(C)c2ccccc2-c2c1c1c3ccccc3n(-c3ccccc3)c1c1c3ccccc3n(-c3nc(-c4ccc(-c5ccccc5)cc4)c4ccccc4n3)c21. The van der Waals surface area contributed by atoms with E-state index >= 15 is 0 Å². The molecule has 0 saturated carbocycles. The Bertz CT molecular complexity index is 3410. The molecule has 0 spiro atoms. The predicted molar refractivity (Wildman–Crippen MR) is 237 cm³/mol. The van der Waals surface area contributed by atoms with Crippen LogP contribution in [0.3, 0.4) is 0 Å². The third-order valence-corrected chi connectivity index (χ3v) is 12.3. The monoisotopic (exact) mass is 728 g/mol. The third-order valence-electron chi connectivity index (χ3n) is 12.3. The zero-order chi connectivity index (χ0) is 37.8. The lowest BCUT2D eigenvalue weighted by molar-refractivity contribution is 0.667. The van der Waals surface area contributed by atoms with E-state index in [0.29, 0.717) is 5.95 Å². The van der Waals surface area contributed by atoms with Crippen LogP contribution in [-0.2, 0) is 5.41 Å². The van der Waals surface area contributed by atoms with Gasteiger partial charge in [-0.1, -0.05) is 166 Å². The molecule has 0 radical (unpaired) electrons. The van der Waals surface area contributed by atoms with Gasteiger partial charge < -0.3 is 4.57 Å². The lowest BCUT2D eigenvalue weighted by atomic mass is 9.80. The van der Waals surface area contributed by atoms with E-state index < -0.39 is 0 Å². The minimum Gasteiger partial charge on any atom is -0.309 e. The quantitative estimate of drug-likeness (QED) is 0.181. The molecule has 12 rings (SSSR count). The first kappa shape index (κ1) is 32.0. The van der Waals surface area contributed by atoms with E-state index in [0.717, 1.165) is 38.9 Å². The molecule has 1 aliphatic carbocycles. The van der Waals surface area contributed by atoms with Crippen molar-refractivity contribution in [2.75, 3.05) is 0 Å². The smallest absolute Gasteiger partial charge is 0.235 e. The van der Waals surface area contributed by atoms with Crippen LogP contribution < -0.4 is 0 Å². The molecule has 0 aliphatic heterocycles. The molecule has 11 aromatic rings. The summed E-state index contributed by atoms with van der Waals surface area (Å²) in [6, 6.07) is 65.3. The molecular weight excluding hydrogens is 693 g/mol. The molecule has 0 saturated heterocycles. The van der Waals surface area contributed by atoms with Crippen molar-refractivity contribution in [3.8, 4) is 45.1 Å². The summed E-state index contributed by atoms with van der Waals surface area (Å²) in [7, 11) is 0. The lowest BCUT2D eigenvalue weighted by Crippen LogP contribution is -2.15. The molecule has 1 aliphatic rings. The minimum atomic E-state index is -0.277. The second-order valence-electron chi connectivity index (χ2n) is 15.7. The summed E-state index contributed by atoms with van der Waals surface area (Å²) in [5.74, 6) is 0.660. The van der Waals surface area contributed by atoms with Gasteiger partial charge in [-0.25, -0.2) is 9.97 Å². The van der Waals surface area contributed by atoms with Crippen LogP contribution >= 0.6 is 0 Å². The zero-order valence-electron chi connectivity index (χ0n) is 31.6. The van der Waals surface area contributed by atoms with Gasteiger partial charge in [-0.3, -0.25) is 4.57 Å². The number of nitrogens with zero attached hydrogens (tertiary/aromatic N) is 4. The first-order valence-electron chi connectivity index (χ1n) is 19.7.